The molecule has 1 amide bonds. The van der Waals surface area contributed by atoms with Crippen LogP contribution in [0.5, 0.6) is 0 Å². The Balaban J connectivity index is 1.60. The first-order valence-electron chi connectivity index (χ1n) is 11.9. The average molecular weight is 564 g/mol. The number of nitriles is 1. The van der Waals surface area contributed by atoms with Gasteiger partial charge in [-0.1, -0.05) is 23.7 Å². The molecule has 1 fully saturated rings. The summed E-state index contributed by atoms with van der Waals surface area (Å²) in [5, 5.41) is 11.9. The van der Waals surface area contributed by atoms with E-state index >= 15 is 4.39 Å². The van der Waals surface area contributed by atoms with Crippen molar-refractivity contribution in [3.8, 4) is 17.2 Å². The number of nitrogens with zero attached hydrogens (tertiary/aromatic N) is 3. The zero-order valence-electron chi connectivity index (χ0n) is 21.3. The Morgan fingerprint density at radius 1 is 1.13 bits per heavy atom. The van der Waals surface area contributed by atoms with Crippen molar-refractivity contribution < 1.29 is 22.9 Å². The molecule has 3 aromatic carbocycles. The number of carbonyl (C=O) groups excluding carboxylic acids is 2. The summed E-state index contributed by atoms with van der Waals surface area (Å²) in [4.78, 5) is 28.9. The van der Waals surface area contributed by atoms with E-state index in [1.165, 1.54) is 18.1 Å². The van der Waals surface area contributed by atoms with Gasteiger partial charge in [0, 0.05) is 22.0 Å². The van der Waals surface area contributed by atoms with Gasteiger partial charge >= 0.3 is 5.97 Å². The monoisotopic (exact) mass is 563 g/mol. The molecule has 2 aliphatic heterocycles. The third-order valence-electron chi connectivity index (χ3n) is 6.52. The molecule has 2 heterocycles. The molecule has 39 heavy (non-hydrogen) atoms. The number of anilines is 2. The Morgan fingerprint density at radius 2 is 1.85 bits per heavy atom. The van der Waals surface area contributed by atoms with Gasteiger partial charge in [0.15, 0.2) is 5.11 Å². The molecule has 0 aliphatic carbocycles. The molecule has 5 rings (SSSR count). The van der Waals surface area contributed by atoms with Crippen LogP contribution >= 0.6 is 22.4 Å². The lowest BCUT2D eigenvalue weighted by Gasteiger charge is -2.31. The number of rotatable bonds is 4. The number of amides is 1. The second kappa shape index (κ2) is 10.3. The largest absolute Gasteiger partial charge is 0.465 e. The summed E-state index contributed by atoms with van der Waals surface area (Å²) in [5.74, 6) is -1.22. The summed E-state index contributed by atoms with van der Waals surface area (Å²) in [5.41, 5.74) is 1.44. The lowest BCUT2D eigenvalue weighted by atomic mass is 10.0. The van der Waals surface area contributed by atoms with E-state index < -0.39 is 28.1 Å². The fraction of sp³-hybridized carbons (Fsp3) is 0.172. The van der Waals surface area contributed by atoms with Crippen molar-refractivity contribution in [2.45, 2.75) is 19.4 Å². The Labute approximate surface area is 232 Å². The molecule has 0 N–H and O–H groups in total. The summed E-state index contributed by atoms with van der Waals surface area (Å²) in [6.07, 6.45) is 1.87. The van der Waals surface area contributed by atoms with E-state index in [2.05, 4.69) is 0 Å². The van der Waals surface area contributed by atoms with E-state index in [0.717, 1.165) is 0 Å². The first-order chi connectivity index (χ1) is 18.7. The first-order valence-corrected chi connectivity index (χ1v) is 13.5. The van der Waals surface area contributed by atoms with Crippen molar-refractivity contribution in [1.29, 1.82) is 5.26 Å². The Kier molecular flexibility index (Phi) is 7.03. The van der Waals surface area contributed by atoms with Crippen LogP contribution in [0, 0.1) is 17.1 Å². The van der Waals surface area contributed by atoms with Crippen molar-refractivity contribution in [2.24, 2.45) is 0 Å². The summed E-state index contributed by atoms with van der Waals surface area (Å²) in [6.45, 7) is 3.91. The minimum Gasteiger partial charge on any atom is -0.465 e. The van der Waals surface area contributed by atoms with E-state index in [0.29, 0.717) is 45.3 Å². The molecule has 2 aliphatic rings. The number of benzene rings is 3. The van der Waals surface area contributed by atoms with Gasteiger partial charge in [-0.15, -0.1) is 0 Å². The van der Waals surface area contributed by atoms with Gasteiger partial charge < -0.3 is 13.8 Å². The zero-order valence-corrected chi connectivity index (χ0v) is 22.8. The van der Waals surface area contributed by atoms with Gasteiger partial charge in [0.25, 0.3) is 5.91 Å². The standard InChI is InChI=1S/C29H23ClFN3O4S/c1-29(2)27(36)33(21-10-9-20(17-32)24(30)15-21)28(39-14-4-13-38-39)34(29)22-11-12-23(25(31)16-22)18-5-7-19(8-6-18)26(35)37-3/h4-12,14-16H,13H2,1-3H3. The van der Waals surface area contributed by atoms with Crippen LogP contribution in [0.25, 0.3) is 11.1 Å². The molecule has 10 heteroatoms. The topological polar surface area (TPSA) is 82.9 Å². The molecule has 1 saturated heterocycles. The lowest BCUT2D eigenvalue weighted by molar-refractivity contribution is -0.120. The SMILES string of the molecule is COC(=O)c1ccc(-c2ccc(N3C(=S4C=CCO4)N(c4ccc(C#N)c(Cl)c4)C(=O)C3(C)C)cc2F)cc1. The van der Waals surface area contributed by atoms with Gasteiger partial charge in [0.1, 0.15) is 17.4 Å². The van der Waals surface area contributed by atoms with Crippen LogP contribution < -0.4 is 9.80 Å². The maximum atomic E-state index is 15.6. The van der Waals surface area contributed by atoms with Crippen LogP contribution in [0.3, 0.4) is 0 Å². The molecule has 1 atom stereocenters. The highest BCUT2D eigenvalue weighted by molar-refractivity contribution is 8.15. The van der Waals surface area contributed by atoms with E-state index in [9.17, 15) is 14.9 Å². The molecular formula is C29H23ClFN3O4S. The van der Waals surface area contributed by atoms with Gasteiger partial charge in [-0.25, -0.2) is 9.18 Å². The van der Waals surface area contributed by atoms with Crippen LogP contribution in [0.1, 0.15) is 29.8 Å². The van der Waals surface area contributed by atoms with Crippen LogP contribution in [-0.4, -0.2) is 36.2 Å². The van der Waals surface area contributed by atoms with Gasteiger partial charge in [-0.3, -0.25) is 9.69 Å². The molecule has 7 nitrogen and oxygen atoms in total. The molecule has 0 radical (unpaired) electrons. The van der Waals surface area contributed by atoms with Crippen LogP contribution in [0.15, 0.2) is 72.1 Å². The lowest BCUT2D eigenvalue weighted by Crippen LogP contribution is -2.44. The van der Waals surface area contributed by atoms with Crippen LogP contribution in [-0.2, 0) is 13.7 Å². The maximum Gasteiger partial charge on any atom is 0.337 e. The average Bonchev–Trinajstić information content (AvgIpc) is 3.53. The highest BCUT2D eigenvalue weighted by Gasteiger charge is 2.51. The molecule has 0 saturated carbocycles. The summed E-state index contributed by atoms with van der Waals surface area (Å²) < 4.78 is 26.3. The van der Waals surface area contributed by atoms with Crippen molar-refractivity contribution in [1.82, 2.24) is 0 Å². The predicted octanol–water partition coefficient (Wildman–Crippen LogP) is 6.25. The molecule has 0 spiro atoms. The normalized spacial score (nSPS) is 18.9. The van der Waals surface area contributed by atoms with Gasteiger partial charge in [0.05, 0.1) is 35.6 Å². The molecule has 198 valence electrons. The second-order valence-electron chi connectivity index (χ2n) is 9.28. The number of hydrogen-bond donors (Lipinski definition) is 0. The minimum absolute atomic E-state index is 0.221. The van der Waals surface area contributed by atoms with Crippen molar-refractivity contribution >= 4 is 50.7 Å². The number of carbonyl (C=O) groups is 2. The van der Waals surface area contributed by atoms with E-state index in [1.807, 2.05) is 17.6 Å². The molecular weight excluding hydrogens is 541 g/mol. The number of hydrogen-bond acceptors (Lipinski definition) is 5. The van der Waals surface area contributed by atoms with Crippen LogP contribution in [0.4, 0.5) is 15.8 Å². The Bertz CT molecular complexity index is 1610. The van der Waals surface area contributed by atoms with Crippen molar-refractivity contribution in [3.63, 3.8) is 0 Å². The Morgan fingerprint density at radius 3 is 2.44 bits per heavy atom. The highest BCUT2D eigenvalue weighted by atomic mass is 35.5. The third kappa shape index (κ3) is 4.61. The fourth-order valence-electron chi connectivity index (χ4n) is 4.54. The highest BCUT2D eigenvalue weighted by Crippen LogP contribution is 2.43. The van der Waals surface area contributed by atoms with E-state index in [-0.39, 0.29) is 10.9 Å². The number of halogens is 2. The predicted molar refractivity (Wildman–Crippen MR) is 151 cm³/mol. The van der Waals surface area contributed by atoms with E-state index in [4.69, 9.17) is 20.5 Å². The van der Waals surface area contributed by atoms with Gasteiger partial charge in [-0.2, -0.15) is 5.26 Å². The molecule has 0 bridgehead atoms. The summed E-state index contributed by atoms with van der Waals surface area (Å²) in [7, 11) is 0.392. The first kappa shape index (κ1) is 26.6. The summed E-state index contributed by atoms with van der Waals surface area (Å²) in [6, 6.07) is 18.1. The van der Waals surface area contributed by atoms with E-state index in [1.54, 1.807) is 73.3 Å². The van der Waals surface area contributed by atoms with Crippen molar-refractivity contribution in [2.75, 3.05) is 23.5 Å². The number of methoxy groups -OCH3 is 1. The zero-order chi connectivity index (χ0) is 27.9. The second-order valence-corrected chi connectivity index (χ2v) is 11.2. The van der Waals surface area contributed by atoms with Crippen LogP contribution in [0.2, 0.25) is 5.02 Å². The molecule has 1 unspecified atom stereocenters. The summed E-state index contributed by atoms with van der Waals surface area (Å²) >= 11 is 6.32. The smallest absolute Gasteiger partial charge is 0.337 e. The third-order valence-corrected chi connectivity index (χ3v) is 8.39. The quantitative estimate of drug-likeness (QED) is 0.275. The fourth-order valence-corrected chi connectivity index (χ4v) is 6.43. The molecule has 3 aromatic rings. The maximum absolute atomic E-state index is 15.6. The number of ether oxygens (including phenoxy) is 1. The Hall–Kier alpha value is -3.97. The minimum atomic E-state index is -1.10. The number of esters is 1. The molecule has 0 aromatic heterocycles. The van der Waals surface area contributed by atoms with Gasteiger partial charge in [0.2, 0.25) is 0 Å². The van der Waals surface area contributed by atoms with Crippen molar-refractivity contribution in [3.05, 3.63) is 94.1 Å². The van der Waals surface area contributed by atoms with Gasteiger partial charge in [-0.05, 0) is 79.4 Å².